The van der Waals surface area contributed by atoms with E-state index >= 15 is 0 Å². The van der Waals surface area contributed by atoms with Gasteiger partial charge in [-0.05, 0) is 43.4 Å². The lowest BCUT2D eigenvalue weighted by atomic mass is 9.99. The Balaban J connectivity index is 1.57. The van der Waals surface area contributed by atoms with Crippen LogP contribution in [0.15, 0.2) is 35.4 Å². The molecule has 1 N–H and O–H groups in total. The lowest BCUT2D eigenvalue weighted by Gasteiger charge is -2.30. The predicted octanol–water partition coefficient (Wildman–Crippen LogP) is 3.29. The molecule has 9 heteroatoms. The number of rotatable bonds is 5. The van der Waals surface area contributed by atoms with Crippen molar-refractivity contribution in [2.45, 2.75) is 33.2 Å². The van der Waals surface area contributed by atoms with Crippen molar-refractivity contribution in [3.8, 4) is 5.75 Å². The summed E-state index contributed by atoms with van der Waals surface area (Å²) < 4.78 is 6.51. The van der Waals surface area contributed by atoms with Gasteiger partial charge in [-0.1, -0.05) is 19.1 Å². The van der Waals surface area contributed by atoms with Crippen molar-refractivity contribution >= 4 is 39.1 Å². The molecule has 0 radical (unpaired) electrons. The number of methoxy groups -OCH3 is 1. The van der Waals surface area contributed by atoms with E-state index in [4.69, 9.17) is 4.74 Å². The molecule has 0 aliphatic carbocycles. The zero-order valence-electron chi connectivity index (χ0n) is 18.4. The number of carbonyl (C=O) groups excluding carboxylic acids is 2. The average Bonchev–Trinajstić information content (AvgIpc) is 3.13. The van der Waals surface area contributed by atoms with E-state index in [-0.39, 0.29) is 23.9 Å². The molecule has 2 aromatic heterocycles. The molecular formula is C23H26N4O4S. The number of hydrogen-bond donors (Lipinski definition) is 1. The number of nitrogens with zero attached hydrogens (tertiary/aromatic N) is 3. The molecule has 3 heterocycles. The second-order valence-corrected chi connectivity index (χ2v) is 9.14. The van der Waals surface area contributed by atoms with Crippen molar-refractivity contribution in [2.24, 2.45) is 5.92 Å². The van der Waals surface area contributed by atoms with E-state index in [9.17, 15) is 14.4 Å². The van der Waals surface area contributed by atoms with Gasteiger partial charge in [0, 0.05) is 13.1 Å². The second-order valence-electron chi connectivity index (χ2n) is 8.14. The summed E-state index contributed by atoms with van der Waals surface area (Å²) >= 11 is 1.24. The molecule has 1 aliphatic heterocycles. The van der Waals surface area contributed by atoms with Gasteiger partial charge in [0.25, 0.3) is 11.5 Å². The number of piperidine rings is 1. The number of nitrogens with one attached hydrogen (secondary N) is 1. The number of para-hydroxylation sites is 2. The van der Waals surface area contributed by atoms with Crippen molar-refractivity contribution in [2.75, 3.05) is 25.5 Å². The average molecular weight is 455 g/mol. The van der Waals surface area contributed by atoms with Crippen molar-refractivity contribution in [3.63, 3.8) is 0 Å². The minimum Gasteiger partial charge on any atom is -0.495 e. The van der Waals surface area contributed by atoms with Crippen LogP contribution in [-0.2, 0) is 11.3 Å². The molecule has 168 valence electrons. The largest absolute Gasteiger partial charge is 0.495 e. The normalized spacial score (nSPS) is 14.5. The van der Waals surface area contributed by atoms with Gasteiger partial charge < -0.3 is 15.0 Å². The van der Waals surface area contributed by atoms with E-state index in [1.165, 1.54) is 29.3 Å². The van der Waals surface area contributed by atoms with E-state index in [1.807, 2.05) is 4.90 Å². The quantitative estimate of drug-likeness (QED) is 0.639. The van der Waals surface area contributed by atoms with Gasteiger partial charge >= 0.3 is 0 Å². The van der Waals surface area contributed by atoms with Crippen LogP contribution in [0, 0.1) is 12.8 Å². The molecular weight excluding hydrogens is 428 g/mol. The number of aromatic nitrogens is 2. The Kier molecular flexibility index (Phi) is 6.27. The van der Waals surface area contributed by atoms with Crippen LogP contribution in [0.3, 0.4) is 0 Å². The lowest BCUT2D eigenvalue weighted by molar-refractivity contribution is -0.116. The Bertz CT molecular complexity index is 1220. The number of ether oxygens (including phenoxy) is 1. The Labute approximate surface area is 189 Å². The summed E-state index contributed by atoms with van der Waals surface area (Å²) in [6.07, 6.45) is 3.34. The van der Waals surface area contributed by atoms with Crippen LogP contribution in [0.1, 0.15) is 35.0 Å². The highest BCUT2D eigenvalue weighted by Gasteiger charge is 2.26. The standard InChI is InChI=1S/C23H26N4O4S/c1-14-8-10-26(11-9-14)23(30)20-15(2)19-21(32-20)24-13-27(22(19)29)12-18(28)25-16-6-4-5-7-17(16)31-3/h4-7,13-14H,8-12H2,1-3H3,(H,25,28). The number of thiophene rings is 1. The highest BCUT2D eigenvalue weighted by molar-refractivity contribution is 7.20. The molecule has 2 amide bonds. The molecule has 1 aromatic carbocycles. The van der Waals surface area contributed by atoms with Crippen LogP contribution >= 0.6 is 11.3 Å². The van der Waals surface area contributed by atoms with E-state index < -0.39 is 0 Å². The molecule has 3 aromatic rings. The summed E-state index contributed by atoms with van der Waals surface area (Å²) in [5.74, 6) is 0.741. The van der Waals surface area contributed by atoms with Crippen molar-refractivity contribution < 1.29 is 14.3 Å². The first-order chi connectivity index (χ1) is 15.4. The fraction of sp³-hybridized carbons (Fsp3) is 0.391. The zero-order chi connectivity index (χ0) is 22.8. The van der Waals surface area contributed by atoms with Crippen LogP contribution in [0.5, 0.6) is 5.75 Å². The summed E-state index contributed by atoms with van der Waals surface area (Å²) in [6.45, 7) is 5.25. The van der Waals surface area contributed by atoms with E-state index in [1.54, 1.807) is 31.2 Å². The first kappa shape index (κ1) is 22.0. The van der Waals surface area contributed by atoms with E-state index in [2.05, 4.69) is 17.2 Å². The predicted molar refractivity (Wildman–Crippen MR) is 125 cm³/mol. The molecule has 0 unspecified atom stereocenters. The Morgan fingerprint density at radius 3 is 2.69 bits per heavy atom. The van der Waals surface area contributed by atoms with Crippen LogP contribution in [0.4, 0.5) is 5.69 Å². The summed E-state index contributed by atoms with van der Waals surface area (Å²) in [6, 6.07) is 7.06. The lowest BCUT2D eigenvalue weighted by Crippen LogP contribution is -2.37. The van der Waals surface area contributed by atoms with Crippen molar-refractivity contribution in [1.29, 1.82) is 0 Å². The molecule has 0 atom stereocenters. The number of hydrogen-bond acceptors (Lipinski definition) is 6. The SMILES string of the molecule is COc1ccccc1NC(=O)Cn1cnc2sc(C(=O)N3CCC(C)CC3)c(C)c2c1=O. The third kappa shape index (κ3) is 4.25. The number of fused-ring (bicyclic) bond motifs is 1. The fourth-order valence-electron chi connectivity index (χ4n) is 3.92. The number of amides is 2. The first-order valence-electron chi connectivity index (χ1n) is 10.6. The summed E-state index contributed by atoms with van der Waals surface area (Å²) in [5, 5.41) is 3.16. The van der Waals surface area contributed by atoms with Crippen LogP contribution in [0.25, 0.3) is 10.2 Å². The third-order valence-corrected chi connectivity index (χ3v) is 7.07. The van der Waals surface area contributed by atoms with E-state index in [0.717, 1.165) is 25.9 Å². The van der Waals surface area contributed by atoms with Gasteiger partial charge in [0.1, 0.15) is 17.1 Å². The molecule has 0 saturated carbocycles. The molecule has 8 nitrogen and oxygen atoms in total. The Morgan fingerprint density at radius 1 is 1.25 bits per heavy atom. The molecule has 1 fully saturated rings. The zero-order valence-corrected chi connectivity index (χ0v) is 19.2. The minimum absolute atomic E-state index is 0.0442. The maximum atomic E-state index is 13.1. The topological polar surface area (TPSA) is 93.5 Å². The highest BCUT2D eigenvalue weighted by atomic mass is 32.1. The van der Waals surface area contributed by atoms with Crippen molar-refractivity contribution in [3.05, 3.63) is 51.4 Å². The first-order valence-corrected chi connectivity index (χ1v) is 11.4. The van der Waals surface area contributed by atoms with Gasteiger partial charge in [0.15, 0.2) is 0 Å². The number of anilines is 1. The van der Waals surface area contributed by atoms with Gasteiger partial charge in [0.2, 0.25) is 5.91 Å². The summed E-state index contributed by atoms with van der Waals surface area (Å²) in [5.41, 5.74) is 0.827. The molecule has 1 saturated heterocycles. The van der Waals surface area contributed by atoms with Gasteiger partial charge in [-0.25, -0.2) is 4.98 Å². The molecule has 0 spiro atoms. The maximum absolute atomic E-state index is 13.1. The molecule has 1 aliphatic rings. The van der Waals surface area contributed by atoms with Crippen LogP contribution in [-0.4, -0.2) is 46.5 Å². The number of carbonyl (C=O) groups is 2. The molecule has 0 bridgehead atoms. The highest BCUT2D eigenvalue weighted by Crippen LogP contribution is 2.29. The monoisotopic (exact) mass is 454 g/mol. The maximum Gasteiger partial charge on any atom is 0.264 e. The number of benzene rings is 1. The summed E-state index contributed by atoms with van der Waals surface area (Å²) in [4.78, 5) is 46.0. The minimum atomic E-state index is -0.371. The van der Waals surface area contributed by atoms with E-state index in [0.29, 0.717) is 38.0 Å². The molecule has 4 rings (SSSR count). The van der Waals surface area contributed by atoms with Crippen LogP contribution < -0.4 is 15.6 Å². The van der Waals surface area contributed by atoms with Gasteiger partial charge in [0.05, 0.1) is 29.4 Å². The smallest absolute Gasteiger partial charge is 0.264 e. The van der Waals surface area contributed by atoms with Gasteiger partial charge in [-0.15, -0.1) is 11.3 Å². The van der Waals surface area contributed by atoms with Gasteiger partial charge in [-0.3, -0.25) is 19.0 Å². The third-order valence-electron chi connectivity index (χ3n) is 5.88. The number of likely N-dealkylation sites (tertiary alicyclic amines) is 1. The van der Waals surface area contributed by atoms with Crippen molar-refractivity contribution in [1.82, 2.24) is 14.5 Å². The Hall–Kier alpha value is -3.20. The fourth-order valence-corrected chi connectivity index (χ4v) is 5.03. The Morgan fingerprint density at radius 2 is 1.97 bits per heavy atom. The van der Waals surface area contributed by atoms with Gasteiger partial charge in [-0.2, -0.15) is 0 Å². The number of aryl methyl sites for hydroxylation is 1. The van der Waals surface area contributed by atoms with Crippen LogP contribution in [0.2, 0.25) is 0 Å². The summed E-state index contributed by atoms with van der Waals surface area (Å²) in [7, 11) is 1.52. The second kappa shape index (κ2) is 9.12. The molecule has 32 heavy (non-hydrogen) atoms.